The van der Waals surface area contributed by atoms with Gasteiger partial charge >= 0.3 is 5.97 Å². The maximum Gasteiger partial charge on any atom is 0.312 e. The molecule has 0 N–H and O–H groups in total. The average molecular weight is 341 g/mol. The normalized spacial score (nSPS) is 32.3. The molecule has 1 amide bonds. The minimum absolute atomic E-state index is 0.0150. The number of benzene rings is 1. The lowest BCUT2D eigenvalue weighted by molar-refractivity contribution is -0.153. The minimum Gasteiger partial charge on any atom is -0.465 e. The molecule has 2 unspecified atom stereocenters. The van der Waals surface area contributed by atoms with Gasteiger partial charge < -0.3 is 14.4 Å². The van der Waals surface area contributed by atoms with E-state index in [1.807, 2.05) is 42.2 Å². The van der Waals surface area contributed by atoms with Crippen LogP contribution in [0.2, 0.25) is 0 Å². The number of likely N-dealkylation sites (tertiary alicyclic amines) is 1. The first-order valence-electron chi connectivity index (χ1n) is 9.01. The molecule has 3 heterocycles. The maximum absolute atomic E-state index is 13.0. The Labute approximate surface area is 147 Å². The van der Waals surface area contributed by atoms with Crippen LogP contribution in [0.1, 0.15) is 18.9 Å². The number of amides is 1. The zero-order valence-corrected chi connectivity index (χ0v) is 14.4. The number of nitrogens with zero attached hydrogens (tertiary/aromatic N) is 1. The first-order chi connectivity index (χ1) is 12.1. The first kappa shape index (κ1) is 16.3. The SMILES string of the molecule is CCCOC(=O)C1[C@H]2C=CC3(CN(CCc4ccccc4)C(=O)[C@@H]13)O2. The van der Waals surface area contributed by atoms with E-state index in [1.54, 1.807) is 0 Å². The fraction of sp³-hybridized carbons (Fsp3) is 0.500. The second kappa shape index (κ2) is 6.30. The standard InChI is InChI=1S/C20H23NO4/c1-2-12-24-19(23)16-15-8-10-20(25-15)13-21(18(22)17(16)20)11-9-14-6-4-3-5-7-14/h3-8,10,15-17H,2,9,11-13H2,1H3/t15-,16?,17-,20?/m1/s1. The molecule has 0 aliphatic carbocycles. The number of carbonyl (C=O) groups excluding carboxylic acids is 2. The quantitative estimate of drug-likeness (QED) is 0.586. The van der Waals surface area contributed by atoms with Crippen molar-refractivity contribution in [2.45, 2.75) is 31.5 Å². The number of hydrogen-bond donors (Lipinski definition) is 0. The van der Waals surface area contributed by atoms with Gasteiger partial charge in [-0.25, -0.2) is 0 Å². The molecule has 2 bridgehead atoms. The Balaban J connectivity index is 1.48. The average Bonchev–Trinajstić information content (AvgIpc) is 3.27. The Morgan fingerprint density at radius 3 is 2.92 bits per heavy atom. The highest BCUT2D eigenvalue weighted by molar-refractivity contribution is 5.91. The molecule has 1 aromatic rings. The summed E-state index contributed by atoms with van der Waals surface area (Å²) >= 11 is 0. The third-order valence-corrected chi connectivity index (χ3v) is 5.41. The summed E-state index contributed by atoms with van der Waals surface area (Å²) in [5, 5.41) is 0. The van der Waals surface area contributed by atoms with Gasteiger partial charge in [0.1, 0.15) is 11.5 Å². The molecule has 132 valence electrons. The molecular weight excluding hydrogens is 318 g/mol. The molecule has 5 heteroatoms. The van der Waals surface area contributed by atoms with Crippen LogP contribution in [0.5, 0.6) is 0 Å². The van der Waals surface area contributed by atoms with Gasteiger partial charge in [0.05, 0.1) is 25.2 Å². The van der Waals surface area contributed by atoms with Crippen LogP contribution >= 0.6 is 0 Å². The van der Waals surface area contributed by atoms with Gasteiger partial charge in [0.2, 0.25) is 5.91 Å². The zero-order valence-electron chi connectivity index (χ0n) is 14.4. The highest BCUT2D eigenvalue weighted by atomic mass is 16.6. The highest BCUT2D eigenvalue weighted by Gasteiger charge is 2.67. The van der Waals surface area contributed by atoms with Gasteiger partial charge in [-0.1, -0.05) is 49.4 Å². The van der Waals surface area contributed by atoms with Crippen LogP contribution < -0.4 is 0 Å². The lowest BCUT2D eigenvalue weighted by atomic mass is 9.77. The molecule has 1 spiro atoms. The topological polar surface area (TPSA) is 55.8 Å². The molecule has 4 rings (SSSR count). The summed E-state index contributed by atoms with van der Waals surface area (Å²) in [5.41, 5.74) is 0.554. The van der Waals surface area contributed by atoms with E-state index in [0.29, 0.717) is 19.7 Å². The van der Waals surface area contributed by atoms with E-state index in [-0.39, 0.29) is 18.0 Å². The van der Waals surface area contributed by atoms with Gasteiger partial charge in [0.25, 0.3) is 0 Å². The molecular formula is C20H23NO4. The van der Waals surface area contributed by atoms with Gasteiger partial charge in [-0.3, -0.25) is 9.59 Å². The second-order valence-electron chi connectivity index (χ2n) is 7.06. The Hall–Kier alpha value is -2.14. The molecule has 3 aliphatic heterocycles. The van der Waals surface area contributed by atoms with Crippen molar-refractivity contribution in [3.8, 4) is 0 Å². The van der Waals surface area contributed by atoms with E-state index in [1.165, 1.54) is 5.56 Å². The summed E-state index contributed by atoms with van der Waals surface area (Å²) in [6.45, 7) is 3.50. The van der Waals surface area contributed by atoms with Crippen LogP contribution in [0.4, 0.5) is 0 Å². The Bertz CT molecular complexity index is 701. The maximum atomic E-state index is 13.0. The smallest absolute Gasteiger partial charge is 0.312 e. The van der Waals surface area contributed by atoms with E-state index >= 15 is 0 Å². The zero-order chi connectivity index (χ0) is 17.4. The summed E-state index contributed by atoms with van der Waals surface area (Å²) in [6.07, 6.45) is 5.14. The highest BCUT2D eigenvalue weighted by Crippen LogP contribution is 2.52. The molecule has 25 heavy (non-hydrogen) atoms. The number of rotatable bonds is 6. The van der Waals surface area contributed by atoms with Gasteiger partial charge in [0, 0.05) is 6.54 Å². The predicted molar refractivity (Wildman–Crippen MR) is 91.7 cm³/mol. The predicted octanol–water partition coefficient (Wildman–Crippen LogP) is 1.96. The number of hydrogen-bond acceptors (Lipinski definition) is 4. The molecule has 0 aromatic heterocycles. The van der Waals surface area contributed by atoms with Crippen molar-refractivity contribution in [2.24, 2.45) is 11.8 Å². The molecule has 0 saturated carbocycles. The summed E-state index contributed by atoms with van der Waals surface area (Å²) < 4.78 is 11.4. The monoisotopic (exact) mass is 341 g/mol. The van der Waals surface area contributed by atoms with E-state index in [9.17, 15) is 9.59 Å². The number of esters is 1. The van der Waals surface area contributed by atoms with E-state index < -0.39 is 17.4 Å². The molecule has 2 saturated heterocycles. The van der Waals surface area contributed by atoms with Crippen molar-refractivity contribution in [3.05, 3.63) is 48.0 Å². The van der Waals surface area contributed by atoms with Crippen molar-refractivity contribution in [2.75, 3.05) is 19.7 Å². The summed E-state index contributed by atoms with van der Waals surface area (Å²) in [7, 11) is 0. The third kappa shape index (κ3) is 2.67. The van der Waals surface area contributed by atoms with Crippen molar-refractivity contribution >= 4 is 11.9 Å². The summed E-state index contributed by atoms with van der Waals surface area (Å²) in [6, 6.07) is 10.1. The van der Waals surface area contributed by atoms with Gasteiger partial charge in [-0.05, 0) is 18.4 Å². The molecule has 1 aromatic carbocycles. The van der Waals surface area contributed by atoms with Gasteiger partial charge in [-0.15, -0.1) is 0 Å². The van der Waals surface area contributed by atoms with Crippen molar-refractivity contribution in [1.82, 2.24) is 4.90 Å². The lowest BCUT2D eigenvalue weighted by Gasteiger charge is -2.22. The molecule has 0 radical (unpaired) electrons. The van der Waals surface area contributed by atoms with Crippen LogP contribution in [-0.4, -0.2) is 48.2 Å². The van der Waals surface area contributed by atoms with Crippen molar-refractivity contribution in [3.63, 3.8) is 0 Å². The fourth-order valence-corrected chi connectivity index (χ4v) is 4.24. The lowest BCUT2D eigenvalue weighted by Crippen LogP contribution is -2.40. The van der Waals surface area contributed by atoms with Crippen LogP contribution in [0.25, 0.3) is 0 Å². The fourth-order valence-electron chi connectivity index (χ4n) is 4.24. The van der Waals surface area contributed by atoms with E-state index in [2.05, 4.69) is 12.1 Å². The summed E-state index contributed by atoms with van der Waals surface area (Å²) in [5.74, 6) is -1.24. The van der Waals surface area contributed by atoms with Crippen molar-refractivity contribution < 1.29 is 19.1 Å². The Morgan fingerprint density at radius 2 is 2.16 bits per heavy atom. The number of ether oxygens (including phenoxy) is 2. The summed E-state index contributed by atoms with van der Waals surface area (Å²) in [4.78, 5) is 27.3. The van der Waals surface area contributed by atoms with Gasteiger partial charge in [-0.2, -0.15) is 0 Å². The van der Waals surface area contributed by atoms with Crippen LogP contribution in [-0.2, 0) is 25.5 Å². The second-order valence-corrected chi connectivity index (χ2v) is 7.06. The molecule has 3 aliphatic rings. The Morgan fingerprint density at radius 1 is 1.36 bits per heavy atom. The largest absolute Gasteiger partial charge is 0.465 e. The van der Waals surface area contributed by atoms with Gasteiger partial charge in [0.15, 0.2) is 0 Å². The molecule has 4 atom stereocenters. The van der Waals surface area contributed by atoms with Crippen molar-refractivity contribution in [1.29, 1.82) is 0 Å². The van der Waals surface area contributed by atoms with Crippen LogP contribution in [0.15, 0.2) is 42.5 Å². The van der Waals surface area contributed by atoms with E-state index in [4.69, 9.17) is 9.47 Å². The minimum atomic E-state index is -0.645. The third-order valence-electron chi connectivity index (χ3n) is 5.41. The van der Waals surface area contributed by atoms with Crippen LogP contribution in [0, 0.1) is 11.8 Å². The number of fused-ring (bicyclic) bond motifs is 1. The molecule has 5 nitrogen and oxygen atoms in total. The van der Waals surface area contributed by atoms with E-state index in [0.717, 1.165) is 12.8 Å². The molecule has 2 fully saturated rings. The number of carbonyl (C=O) groups is 2. The van der Waals surface area contributed by atoms with Crippen LogP contribution in [0.3, 0.4) is 0 Å². The Kier molecular flexibility index (Phi) is 4.12. The first-order valence-corrected chi connectivity index (χ1v) is 9.01.